The number of hydrogen-bond acceptors (Lipinski definition) is 2. The number of methoxy groups -OCH3 is 1. The number of aryl methyl sites for hydroxylation is 1. The largest absolute Gasteiger partial charge is 0.381 e. The highest BCUT2D eigenvalue weighted by molar-refractivity contribution is 5.87. The molecule has 1 aromatic heterocycles. The first kappa shape index (κ1) is 18.7. The molecule has 1 aliphatic heterocycles. The Kier molecular flexibility index (Phi) is 5.18. The number of aromatic nitrogens is 1. The van der Waals surface area contributed by atoms with Crippen molar-refractivity contribution in [2.24, 2.45) is 0 Å². The molecule has 3 aromatic rings. The van der Waals surface area contributed by atoms with E-state index in [0.29, 0.717) is 12.1 Å². The minimum absolute atomic E-state index is 0.134. The van der Waals surface area contributed by atoms with E-state index in [0.717, 1.165) is 48.0 Å². The number of amides is 1. The molecule has 0 atom stereocenters. The Balaban J connectivity index is 1.56. The van der Waals surface area contributed by atoms with Crippen LogP contribution in [-0.4, -0.2) is 41.7 Å². The number of likely N-dealkylation sites (tertiary alicyclic amines) is 1. The van der Waals surface area contributed by atoms with Crippen molar-refractivity contribution in [1.29, 1.82) is 0 Å². The Hall–Kier alpha value is -2.66. The van der Waals surface area contributed by atoms with E-state index in [1.54, 1.807) is 20.1 Å². The summed E-state index contributed by atoms with van der Waals surface area (Å²) in [6, 6.07) is 13.3. The molecule has 0 unspecified atom stereocenters. The van der Waals surface area contributed by atoms with Gasteiger partial charge in [0.1, 0.15) is 12.4 Å². The third-order valence-electron chi connectivity index (χ3n) is 5.70. The molecule has 0 radical (unpaired) electrons. The Bertz CT molecular complexity index is 1000. The fourth-order valence-electron chi connectivity index (χ4n) is 3.91. The monoisotopic (exact) mass is 380 g/mol. The zero-order valence-corrected chi connectivity index (χ0v) is 16.3. The zero-order valence-electron chi connectivity index (χ0n) is 16.3. The Morgan fingerprint density at radius 1 is 1.11 bits per heavy atom. The second kappa shape index (κ2) is 7.76. The van der Waals surface area contributed by atoms with E-state index >= 15 is 0 Å². The highest BCUT2D eigenvalue weighted by Gasteiger charge is 2.22. The predicted molar refractivity (Wildman–Crippen MR) is 109 cm³/mol. The molecule has 1 amide bonds. The van der Waals surface area contributed by atoms with Crippen molar-refractivity contribution in [3.8, 4) is 11.1 Å². The van der Waals surface area contributed by atoms with E-state index in [1.807, 2.05) is 33.9 Å². The summed E-state index contributed by atoms with van der Waals surface area (Å²) >= 11 is 0. The van der Waals surface area contributed by atoms with Gasteiger partial charge in [-0.1, -0.05) is 18.2 Å². The summed E-state index contributed by atoms with van der Waals surface area (Å²) in [5, 5.41) is 1.09. The Morgan fingerprint density at radius 2 is 1.82 bits per heavy atom. The number of benzene rings is 2. The van der Waals surface area contributed by atoms with Crippen molar-refractivity contribution in [2.45, 2.75) is 32.4 Å². The summed E-state index contributed by atoms with van der Waals surface area (Å²) < 4.78 is 21.0. The van der Waals surface area contributed by atoms with Crippen molar-refractivity contribution < 1.29 is 13.9 Å². The topological polar surface area (TPSA) is 34.5 Å². The van der Waals surface area contributed by atoms with Gasteiger partial charge in [-0.15, -0.1) is 0 Å². The third kappa shape index (κ3) is 3.67. The summed E-state index contributed by atoms with van der Waals surface area (Å²) in [6.07, 6.45) is 4.01. The highest BCUT2D eigenvalue weighted by atomic mass is 19.1. The van der Waals surface area contributed by atoms with E-state index in [1.165, 1.54) is 6.07 Å². The summed E-state index contributed by atoms with van der Waals surface area (Å²) in [6.45, 7) is 3.59. The first-order chi connectivity index (χ1) is 13.5. The lowest BCUT2D eigenvalue weighted by Crippen LogP contribution is -2.42. The van der Waals surface area contributed by atoms with E-state index < -0.39 is 0 Å². The molecule has 5 heteroatoms. The van der Waals surface area contributed by atoms with Gasteiger partial charge in [-0.2, -0.15) is 0 Å². The van der Waals surface area contributed by atoms with Gasteiger partial charge in [0.15, 0.2) is 0 Å². The summed E-state index contributed by atoms with van der Waals surface area (Å²) in [4.78, 5) is 14.7. The molecule has 4 rings (SSSR count). The molecular weight excluding hydrogens is 355 g/mol. The van der Waals surface area contributed by atoms with Crippen LogP contribution in [-0.2, 0) is 16.1 Å². The zero-order chi connectivity index (χ0) is 19.7. The van der Waals surface area contributed by atoms with Gasteiger partial charge >= 0.3 is 0 Å². The lowest BCUT2D eigenvalue weighted by Gasteiger charge is -2.31. The van der Waals surface area contributed by atoms with Gasteiger partial charge in [0.25, 0.3) is 0 Å². The number of hydrogen-bond donors (Lipinski definition) is 0. The maximum absolute atomic E-state index is 13.6. The maximum atomic E-state index is 13.6. The van der Waals surface area contributed by atoms with E-state index in [9.17, 15) is 9.18 Å². The predicted octanol–water partition coefficient (Wildman–Crippen LogP) is 4.39. The first-order valence-corrected chi connectivity index (χ1v) is 9.71. The summed E-state index contributed by atoms with van der Waals surface area (Å²) in [7, 11) is 1.73. The molecule has 0 saturated carbocycles. The lowest BCUT2D eigenvalue weighted by atomic mass is 10.0. The lowest BCUT2D eigenvalue weighted by molar-refractivity contribution is -0.134. The number of carbonyl (C=O) groups excluding carboxylic acids is 1. The number of piperidine rings is 1. The molecule has 1 aliphatic rings. The number of nitrogens with zero attached hydrogens (tertiary/aromatic N) is 2. The summed E-state index contributed by atoms with van der Waals surface area (Å²) in [5.41, 5.74) is 3.63. The van der Waals surface area contributed by atoms with Crippen LogP contribution in [0, 0.1) is 12.7 Å². The molecule has 1 saturated heterocycles. The molecule has 0 aliphatic carbocycles. The van der Waals surface area contributed by atoms with Crippen LogP contribution >= 0.6 is 0 Å². The van der Waals surface area contributed by atoms with Crippen LogP contribution in [0.15, 0.2) is 48.7 Å². The molecule has 0 N–H and O–H groups in total. The average molecular weight is 380 g/mol. The molecule has 2 heterocycles. The number of carbonyl (C=O) groups is 1. The molecule has 0 spiro atoms. The Morgan fingerprint density at radius 3 is 2.54 bits per heavy atom. The van der Waals surface area contributed by atoms with Gasteiger partial charge in [-0.25, -0.2) is 4.39 Å². The number of ether oxygens (including phenoxy) is 1. The SMILES string of the molecule is COC1CCN(C(=O)Cn2ccc3ccc(-c4ccc(F)c(C)c4)cc32)CC1. The van der Waals surface area contributed by atoms with E-state index in [2.05, 4.69) is 12.1 Å². The normalized spacial score (nSPS) is 15.3. The van der Waals surface area contributed by atoms with E-state index in [-0.39, 0.29) is 17.8 Å². The van der Waals surface area contributed by atoms with Crippen LogP contribution in [0.3, 0.4) is 0 Å². The molecule has 0 bridgehead atoms. The summed E-state index contributed by atoms with van der Waals surface area (Å²) in [5.74, 6) is -0.0638. The van der Waals surface area contributed by atoms with Crippen LogP contribution in [0.2, 0.25) is 0 Å². The highest BCUT2D eigenvalue weighted by Crippen LogP contribution is 2.27. The van der Waals surface area contributed by atoms with Crippen LogP contribution in [0.25, 0.3) is 22.0 Å². The van der Waals surface area contributed by atoms with Crippen LogP contribution in [0.5, 0.6) is 0 Å². The average Bonchev–Trinajstić information content (AvgIpc) is 3.12. The van der Waals surface area contributed by atoms with Gasteiger partial charge < -0.3 is 14.2 Å². The fraction of sp³-hybridized carbons (Fsp3) is 0.348. The van der Waals surface area contributed by atoms with Crippen molar-refractivity contribution in [3.05, 3.63) is 60.0 Å². The van der Waals surface area contributed by atoms with Crippen LogP contribution < -0.4 is 0 Å². The molecule has 146 valence electrons. The minimum atomic E-state index is -0.198. The van der Waals surface area contributed by atoms with Gasteiger partial charge in [-0.05, 0) is 66.1 Å². The maximum Gasteiger partial charge on any atom is 0.242 e. The van der Waals surface area contributed by atoms with Gasteiger partial charge in [0, 0.05) is 31.9 Å². The second-order valence-electron chi connectivity index (χ2n) is 7.50. The number of rotatable bonds is 4. The van der Waals surface area contributed by atoms with Gasteiger partial charge in [0.2, 0.25) is 5.91 Å². The second-order valence-corrected chi connectivity index (χ2v) is 7.50. The van der Waals surface area contributed by atoms with Crippen molar-refractivity contribution >= 4 is 16.8 Å². The standard InChI is InChI=1S/C23H25FN2O2/c1-16-13-18(5-6-21(16)24)19-4-3-17-7-10-26(22(17)14-19)15-23(27)25-11-8-20(28-2)9-12-25/h3-7,10,13-14,20H,8-9,11-12,15H2,1-2H3. The van der Waals surface area contributed by atoms with Crippen molar-refractivity contribution in [3.63, 3.8) is 0 Å². The fourth-order valence-corrected chi connectivity index (χ4v) is 3.91. The minimum Gasteiger partial charge on any atom is -0.381 e. The third-order valence-corrected chi connectivity index (χ3v) is 5.70. The quantitative estimate of drug-likeness (QED) is 0.673. The molecule has 4 nitrogen and oxygen atoms in total. The molecule has 1 fully saturated rings. The van der Waals surface area contributed by atoms with E-state index in [4.69, 9.17) is 4.74 Å². The molecule has 28 heavy (non-hydrogen) atoms. The van der Waals surface area contributed by atoms with Gasteiger partial charge in [0.05, 0.1) is 6.10 Å². The molecular formula is C23H25FN2O2. The smallest absolute Gasteiger partial charge is 0.242 e. The van der Waals surface area contributed by atoms with Crippen molar-refractivity contribution in [2.75, 3.05) is 20.2 Å². The van der Waals surface area contributed by atoms with Crippen molar-refractivity contribution in [1.82, 2.24) is 9.47 Å². The first-order valence-electron chi connectivity index (χ1n) is 9.71. The number of halogens is 1. The Labute approximate surface area is 164 Å². The number of fused-ring (bicyclic) bond motifs is 1. The molecule has 2 aromatic carbocycles. The van der Waals surface area contributed by atoms with Gasteiger partial charge in [-0.3, -0.25) is 4.79 Å². The van der Waals surface area contributed by atoms with Crippen LogP contribution in [0.4, 0.5) is 4.39 Å². The van der Waals surface area contributed by atoms with Crippen LogP contribution in [0.1, 0.15) is 18.4 Å².